The van der Waals surface area contributed by atoms with Gasteiger partial charge in [-0.3, -0.25) is 14.2 Å². The lowest BCUT2D eigenvalue weighted by atomic mass is 10.7. The van der Waals surface area contributed by atoms with Gasteiger partial charge in [0.05, 0.1) is 0 Å². The van der Waals surface area contributed by atoms with Crippen molar-refractivity contribution in [3.05, 3.63) is 22.6 Å². The Morgan fingerprint density at radius 2 is 2.07 bits per heavy atom. The average Bonchev–Trinajstić information content (AvgIpc) is 2.42. The first kappa shape index (κ1) is 12.3. The number of nitrogens with zero attached hydrogens (tertiary/aromatic N) is 2. The zero-order chi connectivity index (χ0) is 11.5. The van der Waals surface area contributed by atoms with Gasteiger partial charge in [0.25, 0.3) is 5.56 Å². The maximum atomic E-state index is 11.1. The van der Waals surface area contributed by atoms with Crippen LogP contribution in [-0.2, 0) is 18.5 Å². The quantitative estimate of drug-likeness (QED) is 0.565. The van der Waals surface area contributed by atoms with Crippen LogP contribution >= 0.6 is 0 Å². The van der Waals surface area contributed by atoms with Crippen molar-refractivity contribution in [3.63, 3.8) is 0 Å². The van der Waals surface area contributed by atoms with Crippen LogP contribution in [0.5, 0.6) is 0 Å². The minimum Gasteiger partial charge on any atom is -0.360 e. The van der Waals surface area contributed by atoms with E-state index in [1.807, 2.05) is 0 Å². The Balaban J connectivity index is 2.33. The molecule has 1 aromatic heterocycles. The summed E-state index contributed by atoms with van der Waals surface area (Å²) in [5.74, 6) is 0. The molecule has 0 bridgehead atoms. The monoisotopic (exact) mass is 228 g/mol. The Hall–Kier alpha value is -0.813. The lowest BCUT2D eigenvalue weighted by Gasteiger charge is -2.16. The smallest absolute Gasteiger partial charge is 0.266 e. The second kappa shape index (κ2) is 4.81. The van der Waals surface area contributed by atoms with E-state index in [2.05, 4.69) is 19.6 Å². The molecule has 15 heavy (non-hydrogen) atoms. The van der Waals surface area contributed by atoms with Gasteiger partial charge in [-0.1, -0.05) is 19.6 Å². The van der Waals surface area contributed by atoms with Crippen LogP contribution < -0.4 is 5.56 Å². The van der Waals surface area contributed by atoms with Crippen LogP contribution in [0.2, 0.25) is 25.7 Å². The Bertz CT molecular complexity index is 362. The van der Waals surface area contributed by atoms with Crippen LogP contribution in [0.1, 0.15) is 0 Å². The van der Waals surface area contributed by atoms with E-state index >= 15 is 0 Å². The molecule has 0 aromatic carbocycles. The van der Waals surface area contributed by atoms with E-state index in [1.54, 1.807) is 28.7 Å². The number of aromatic nitrogens is 2. The SMILES string of the molecule is Cn1c(=O)ccn1COCC[Si](C)(C)C. The molecule has 1 heterocycles. The highest BCUT2D eigenvalue weighted by Crippen LogP contribution is 2.07. The van der Waals surface area contributed by atoms with Gasteiger partial charge in [-0.15, -0.1) is 0 Å². The summed E-state index contributed by atoms with van der Waals surface area (Å²) in [6.45, 7) is 8.20. The molecule has 1 rings (SSSR count). The van der Waals surface area contributed by atoms with E-state index in [-0.39, 0.29) is 5.56 Å². The van der Waals surface area contributed by atoms with E-state index in [0.29, 0.717) is 6.73 Å². The molecule has 0 unspecified atom stereocenters. The molecule has 0 N–H and O–H groups in total. The number of hydrogen-bond donors (Lipinski definition) is 0. The van der Waals surface area contributed by atoms with Crippen LogP contribution in [0, 0.1) is 0 Å². The van der Waals surface area contributed by atoms with Crippen LogP contribution in [0.4, 0.5) is 0 Å². The third-order valence-corrected chi connectivity index (χ3v) is 4.02. The van der Waals surface area contributed by atoms with Crippen molar-refractivity contribution in [2.45, 2.75) is 32.4 Å². The summed E-state index contributed by atoms with van der Waals surface area (Å²) in [7, 11) is 0.734. The predicted octanol–water partition coefficient (Wildman–Crippen LogP) is 1.50. The first-order valence-electron chi connectivity index (χ1n) is 5.20. The van der Waals surface area contributed by atoms with Gasteiger partial charge in [-0.05, 0) is 6.04 Å². The van der Waals surface area contributed by atoms with Gasteiger partial charge in [-0.2, -0.15) is 0 Å². The number of ether oxygens (including phenoxy) is 1. The van der Waals surface area contributed by atoms with E-state index in [0.717, 1.165) is 12.7 Å². The summed E-state index contributed by atoms with van der Waals surface area (Å²) in [4.78, 5) is 11.1. The number of hydrogen-bond acceptors (Lipinski definition) is 2. The normalized spacial score (nSPS) is 12.0. The van der Waals surface area contributed by atoms with Crippen molar-refractivity contribution in [1.29, 1.82) is 0 Å². The molecule has 0 saturated heterocycles. The van der Waals surface area contributed by atoms with Crippen molar-refractivity contribution in [1.82, 2.24) is 9.36 Å². The number of rotatable bonds is 5. The van der Waals surface area contributed by atoms with Gasteiger partial charge in [0.15, 0.2) is 0 Å². The zero-order valence-electron chi connectivity index (χ0n) is 9.99. The Kier molecular flexibility index (Phi) is 3.93. The lowest BCUT2D eigenvalue weighted by molar-refractivity contribution is 0.0703. The van der Waals surface area contributed by atoms with Gasteiger partial charge in [0.2, 0.25) is 0 Å². The van der Waals surface area contributed by atoms with E-state index < -0.39 is 8.07 Å². The minimum absolute atomic E-state index is 0.00352. The molecule has 5 heteroatoms. The summed E-state index contributed by atoms with van der Waals surface area (Å²) in [6, 6.07) is 2.70. The molecule has 4 nitrogen and oxygen atoms in total. The summed E-state index contributed by atoms with van der Waals surface area (Å²) in [5, 5.41) is 0. The van der Waals surface area contributed by atoms with Crippen molar-refractivity contribution < 1.29 is 4.74 Å². The molecule has 1 aromatic rings. The highest BCUT2D eigenvalue weighted by atomic mass is 28.3. The highest BCUT2D eigenvalue weighted by Gasteiger charge is 2.11. The Labute approximate surface area is 91.5 Å². The van der Waals surface area contributed by atoms with E-state index in [1.165, 1.54) is 0 Å². The van der Waals surface area contributed by atoms with Crippen molar-refractivity contribution in [2.24, 2.45) is 7.05 Å². The highest BCUT2D eigenvalue weighted by molar-refractivity contribution is 6.76. The van der Waals surface area contributed by atoms with Crippen molar-refractivity contribution in [3.8, 4) is 0 Å². The molecule has 0 atom stereocenters. The fourth-order valence-electron chi connectivity index (χ4n) is 1.15. The minimum atomic E-state index is -1.01. The molecule has 0 amide bonds. The molecule has 0 aliphatic rings. The van der Waals surface area contributed by atoms with Gasteiger partial charge in [-0.25, -0.2) is 0 Å². The maximum absolute atomic E-state index is 11.1. The fraction of sp³-hybridized carbons (Fsp3) is 0.700. The van der Waals surface area contributed by atoms with Crippen LogP contribution in [-0.4, -0.2) is 24.0 Å². The predicted molar refractivity (Wildman–Crippen MR) is 63.8 cm³/mol. The standard InChI is InChI=1S/C10H20N2O2Si/c1-11-10(13)5-6-12(11)9-14-7-8-15(2,3)4/h5-6H,7-9H2,1-4H3. The summed E-state index contributed by atoms with van der Waals surface area (Å²) in [5.41, 5.74) is 0.00352. The first-order chi connectivity index (χ1) is 6.90. The Morgan fingerprint density at radius 3 is 2.53 bits per heavy atom. The van der Waals surface area contributed by atoms with E-state index in [9.17, 15) is 4.79 Å². The summed E-state index contributed by atoms with van der Waals surface area (Å²) < 4.78 is 8.85. The molecule has 0 saturated carbocycles. The average molecular weight is 228 g/mol. The summed E-state index contributed by atoms with van der Waals surface area (Å²) >= 11 is 0. The fourth-order valence-corrected chi connectivity index (χ4v) is 1.91. The van der Waals surface area contributed by atoms with Crippen LogP contribution in [0.3, 0.4) is 0 Å². The van der Waals surface area contributed by atoms with Gasteiger partial charge in [0, 0.05) is 34.0 Å². The largest absolute Gasteiger partial charge is 0.360 e. The second-order valence-corrected chi connectivity index (χ2v) is 10.6. The molecule has 0 aliphatic carbocycles. The van der Waals surface area contributed by atoms with Crippen LogP contribution in [0.25, 0.3) is 0 Å². The van der Waals surface area contributed by atoms with Gasteiger partial charge >= 0.3 is 0 Å². The first-order valence-corrected chi connectivity index (χ1v) is 8.91. The third-order valence-electron chi connectivity index (χ3n) is 2.31. The second-order valence-electron chi connectivity index (χ2n) is 4.97. The zero-order valence-corrected chi connectivity index (χ0v) is 11.0. The molecular weight excluding hydrogens is 208 g/mol. The third kappa shape index (κ3) is 4.05. The molecule has 0 aliphatic heterocycles. The molecule has 0 spiro atoms. The summed E-state index contributed by atoms with van der Waals surface area (Å²) in [6.07, 6.45) is 1.75. The molecule has 86 valence electrons. The molecule has 0 radical (unpaired) electrons. The Morgan fingerprint density at radius 1 is 1.40 bits per heavy atom. The molecule has 0 fully saturated rings. The van der Waals surface area contributed by atoms with Crippen molar-refractivity contribution in [2.75, 3.05) is 6.61 Å². The topological polar surface area (TPSA) is 36.2 Å². The van der Waals surface area contributed by atoms with Gasteiger partial charge in [0.1, 0.15) is 6.73 Å². The van der Waals surface area contributed by atoms with Gasteiger partial charge < -0.3 is 4.74 Å². The maximum Gasteiger partial charge on any atom is 0.266 e. The van der Waals surface area contributed by atoms with E-state index in [4.69, 9.17) is 4.74 Å². The van der Waals surface area contributed by atoms with Crippen molar-refractivity contribution >= 4 is 8.07 Å². The van der Waals surface area contributed by atoms with Crippen LogP contribution in [0.15, 0.2) is 17.1 Å². The molecular formula is C10H20N2O2Si. The lowest BCUT2D eigenvalue weighted by Crippen LogP contribution is -2.23.